The zero-order valence-corrected chi connectivity index (χ0v) is 20.8. The molecule has 1 aromatic heterocycles. The van der Waals surface area contributed by atoms with Gasteiger partial charge in [-0.3, -0.25) is 10.00 Å². The number of hydrogen-bond donors (Lipinski definition) is 2. The van der Waals surface area contributed by atoms with Crippen molar-refractivity contribution in [2.45, 2.75) is 38.8 Å². The molecular weight excluding hydrogens is 448 g/mol. The number of likely N-dealkylation sites (tertiary alicyclic amines) is 1. The summed E-state index contributed by atoms with van der Waals surface area (Å²) in [5.74, 6) is 1.72. The van der Waals surface area contributed by atoms with E-state index in [1.54, 1.807) is 0 Å². The number of allylic oxidation sites excluding steroid dienone is 1. The second-order valence-corrected chi connectivity index (χ2v) is 9.90. The van der Waals surface area contributed by atoms with Gasteiger partial charge < -0.3 is 15.2 Å². The average molecular weight is 481 g/mol. The predicted molar refractivity (Wildman–Crippen MR) is 145 cm³/mol. The van der Waals surface area contributed by atoms with Gasteiger partial charge in [-0.05, 0) is 92.9 Å². The van der Waals surface area contributed by atoms with E-state index in [9.17, 15) is 0 Å². The van der Waals surface area contributed by atoms with Crippen molar-refractivity contribution in [3.8, 4) is 11.5 Å². The molecule has 6 nitrogen and oxygen atoms in total. The SMILES string of the molecule is CC1=C(c2cccc3[nH]ncc23)C(c2ccc(OCC(C)N3CCCC3)cc2)Oc2ccc(N)cc21. The van der Waals surface area contributed by atoms with Crippen LogP contribution in [0.25, 0.3) is 22.0 Å². The topological polar surface area (TPSA) is 76.4 Å². The Morgan fingerprint density at radius 1 is 1.08 bits per heavy atom. The van der Waals surface area contributed by atoms with Gasteiger partial charge in [-0.2, -0.15) is 5.10 Å². The van der Waals surface area contributed by atoms with Crippen LogP contribution in [0.2, 0.25) is 0 Å². The van der Waals surface area contributed by atoms with E-state index in [2.05, 4.69) is 65.3 Å². The normalized spacial score (nSPS) is 18.8. The Morgan fingerprint density at radius 3 is 2.69 bits per heavy atom. The predicted octanol–water partition coefficient (Wildman–Crippen LogP) is 6.07. The molecule has 6 heteroatoms. The van der Waals surface area contributed by atoms with E-state index in [1.165, 1.54) is 25.9 Å². The molecule has 2 atom stereocenters. The maximum absolute atomic E-state index is 6.65. The third-order valence-corrected chi connectivity index (χ3v) is 7.53. The van der Waals surface area contributed by atoms with Gasteiger partial charge in [0.2, 0.25) is 0 Å². The van der Waals surface area contributed by atoms with E-state index < -0.39 is 0 Å². The van der Waals surface area contributed by atoms with Crippen molar-refractivity contribution >= 4 is 27.7 Å². The fraction of sp³-hybridized carbons (Fsp3) is 0.300. The number of hydrogen-bond acceptors (Lipinski definition) is 5. The number of fused-ring (bicyclic) bond motifs is 2. The Balaban J connectivity index is 1.34. The number of nitrogens with zero attached hydrogens (tertiary/aromatic N) is 2. The van der Waals surface area contributed by atoms with Gasteiger partial charge in [0.1, 0.15) is 24.2 Å². The highest BCUT2D eigenvalue weighted by atomic mass is 16.5. The number of nitrogens with two attached hydrogens (primary N) is 1. The molecule has 0 amide bonds. The van der Waals surface area contributed by atoms with Crippen LogP contribution in [0, 0.1) is 0 Å². The summed E-state index contributed by atoms with van der Waals surface area (Å²) in [6.45, 7) is 7.44. The van der Waals surface area contributed by atoms with Crippen molar-refractivity contribution < 1.29 is 9.47 Å². The molecule has 1 saturated heterocycles. The summed E-state index contributed by atoms with van der Waals surface area (Å²) < 4.78 is 12.8. The first-order valence-corrected chi connectivity index (χ1v) is 12.7. The fourth-order valence-electron chi connectivity index (χ4n) is 5.50. The Labute approximate surface area is 211 Å². The van der Waals surface area contributed by atoms with Crippen LogP contribution in [0.1, 0.15) is 49.5 Å². The molecule has 2 aliphatic rings. The summed E-state index contributed by atoms with van der Waals surface area (Å²) in [6, 6.07) is 20.9. The Kier molecular flexibility index (Phi) is 5.89. The Bertz CT molecular complexity index is 1420. The zero-order valence-electron chi connectivity index (χ0n) is 20.8. The van der Waals surface area contributed by atoms with Crippen LogP contribution < -0.4 is 15.2 Å². The van der Waals surface area contributed by atoms with Crippen LogP contribution in [0.15, 0.2) is 66.9 Å². The summed E-state index contributed by atoms with van der Waals surface area (Å²) in [7, 11) is 0. The van der Waals surface area contributed by atoms with Gasteiger partial charge in [-0.15, -0.1) is 0 Å². The van der Waals surface area contributed by atoms with Crippen molar-refractivity contribution in [2.75, 3.05) is 25.4 Å². The van der Waals surface area contributed by atoms with Crippen LogP contribution >= 0.6 is 0 Å². The molecule has 6 rings (SSSR count). The molecule has 3 N–H and O–H groups in total. The minimum absolute atomic E-state index is 0.265. The number of aromatic nitrogens is 2. The summed E-state index contributed by atoms with van der Waals surface area (Å²) in [6.07, 6.45) is 4.20. The molecule has 0 spiro atoms. The molecule has 36 heavy (non-hydrogen) atoms. The second-order valence-electron chi connectivity index (χ2n) is 9.90. The van der Waals surface area contributed by atoms with Crippen LogP contribution in [0.4, 0.5) is 5.69 Å². The van der Waals surface area contributed by atoms with Crippen LogP contribution in [-0.2, 0) is 0 Å². The van der Waals surface area contributed by atoms with Crippen molar-refractivity contribution in [2.24, 2.45) is 0 Å². The zero-order chi connectivity index (χ0) is 24.6. The largest absolute Gasteiger partial charge is 0.492 e. The molecule has 0 radical (unpaired) electrons. The number of rotatable bonds is 6. The van der Waals surface area contributed by atoms with Crippen molar-refractivity contribution in [1.29, 1.82) is 0 Å². The highest BCUT2D eigenvalue weighted by Gasteiger charge is 2.30. The van der Waals surface area contributed by atoms with E-state index in [0.29, 0.717) is 12.6 Å². The maximum Gasteiger partial charge on any atom is 0.150 e. The van der Waals surface area contributed by atoms with Crippen LogP contribution in [-0.4, -0.2) is 40.8 Å². The molecule has 3 heterocycles. The molecule has 0 saturated carbocycles. The van der Waals surface area contributed by atoms with Crippen molar-refractivity contribution in [3.05, 3.63) is 83.6 Å². The highest BCUT2D eigenvalue weighted by Crippen LogP contribution is 2.48. The van der Waals surface area contributed by atoms with Gasteiger partial charge in [0, 0.05) is 28.3 Å². The molecule has 4 aromatic rings. The van der Waals surface area contributed by atoms with Gasteiger partial charge >= 0.3 is 0 Å². The second kappa shape index (κ2) is 9.36. The van der Waals surface area contributed by atoms with E-state index >= 15 is 0 Å². The van der Waals surface area contributed by atoms with Gasteiger partial charge in [0.25, 0.3) is 0 Å². The van der Waals surface area contributed by atoms with Gasteiger partial charge in [-0.1, -0.05) is 24.3 Å². The molecular formula is C30H32N4O2. The number of aromatic amines is 1. The van der Waals surface area contributed by atoms with Crippen LogP contribution in [0.3, 0.4) is 0 Å². The number of nitrogen functional groups attached to an aromatic ring is 1. The molecule has 1 fully saturated rings. The first-order chi connectivity index (χ1) is 17.6. The smallest absolute Gasteiger partial charge is 0.150 e. The number of nitrogens with one attached hydrogen (secondary N) is 1. The van der Waals surface area contributed by atoms with Crippen molar-refractivity contribution in [1.82, 2.24) is 15.1 Å². The van der Waals surface area contributed by atoms with Crippen LogP contribution in [0.5, 0.6) is 11.5 Å². The van der Waals surface area contributed by atoms with E-state index in [4.69, 9.17) is 15.2 Å². The molecule has 184 valence electrons. The third kappa shape index (κ3) is 4.11. The minimum Gasteiger partial charge on any atom is -0.492 e. The summed E-state index contributed by atoms with van der Waals surface area (Å²) in [5.41, 5.74) is 13.4. The molecule has 3 aromatic carbocycles. The lowest BCUT2D eigenvalue weighted by Crippen LogP contribution is -2.34. The maximum atomic E-state index is 6.65. The Morgan fingerprint density at radius 2 is 1.89 bits per heavy atom. The van der Waals surface area contributed by atoms with E-state index in [1.807, 2.05) is 30.5 Å². The first-order valence-electron chi connectivity index (χ1n) is 12.7. The number of H-pyrrole nitrogens is 1. The van der Waals surface area contributed by atoms with E-state index in [-0.39, 0.29) is 6.10 Å². The molecule has 2 aliphatic heterocycles. The minimum atomic E-state index is -0.265. The van der Waals surface area contributed by atoms with Gasteiger partial charge in [0.05, 0.1) is 11.7 Å². The standard InChI is InChI=1S/C30H32N4O2/c1-19(34-14-3-4-15-34)18-35-23-11-8-21(9-12-23)30-29(24-6-5-7-27-26(24)17-32-33-27)20(2)25-16-22(31)10-13-28(25)36-30/h5-13,16-17,19,30H,3-4,14-15,18,31H2,1-2H3,(H,32,33). The summed E-state index contributed by atoms with van der Waals surface area (Å²) >= 11 is 0. The van der Waals surface area contributed by atoms with Gasteiger partial charge in [0.15, 0.2) is 0 Å². The lowest BCUT2D eigenvalue weighted by molar-refractivity contribution is 0.172. The molecule has 2 unspecified atom stereocenters. The number of benzene rings is 3. The lowest BCUT2D eigenvalue weighted by Gasteiger charge is -2.31. The Hall–Kier alpha value is -3.77. The van der Waals surface area contributed by atoms with E-state index in [0.717, 1.165) is 55.9 Å². The molecule has 0 bridgehead atoms. The van der Waals surface area contributed by atoms with Crippen molar-refractivity contribution in [3.63, 3.8) is 0 Å². The highest BCUT2D eigenvalue weighted by molar-refractivity contribution is 6.03. The summed E-state index contributed by atoms with van der Waals surface area (Å²) in [4.78, 5) is 2.50. The third-order valence-electron chi connectivity index (χ3n) is 7.53. The van der Waals surface area contributed by atoms with Gasteiger partial charge in [-0.25, -0.2) is 0 Å². The summed E-state index contributed by atoms with van der Waals surface area (Å²) in [5, 5.41) is 8.45. The number of anilines is 1. The molecule has 0 aliphatic carbocycles. The monoisotopic (exact) mass is 480 g/mol. The number of ether oxygens (including phenoxy) is 2. The fourth-order valence-corrected chi connectivity index (χ4v) is 5.50. The lowest BCUT2D eigenvalue weighted by atomic mass is 9.85. The quantitative estimate of drug-likeness (QED) is 0.328. The first kappa shape index (κ1) is 22.7. The average Bonchev–Trinajstić information content (AvgIpc) is 3.61.